The van der Waals surface area contributed by atoms with Crippen molar-refractivity contribution >= 4 is 17.6 Å². The Balaban J connectivity index is 1.85. The molecule has 0 heterocycles. The monoisotopic (exact) mass is 383 g/mol. The number of rotatable bonds is 7. The van der Waals surface area contributed by atoms with Crippen LogP contribution in [-0.2, 0) is 20.9 Å². The van der Waals surface area contributed by atoms with Gasteiger partial charge in [0.2, 0.25) is 0 Å². The van der Waals surface area contributed by atoms with E-state index in [2.05, 4.69) is 10.1 Å². The fourth-order valence-corrected chi connectivity index (χ4v) is 2.11. The third-order valence-electron chi connectivity index (χ3n) is 3.18. The van der Waals surface area contributed by atoms with Crippen LogP contribution in [0.1, 0.15) is 15.9 Å². The van der Waals surface area contributed by atoms with Crippen LogP contribution in [0.15, 0.2) is 48.5 Å². The summed E-state index contributed by atoms with van der Waals surface area (Å²) in [6, 6.07) is 11.1. The van der Waals surface area contributed by atoms with Crippen LogP contribution in [0.2, 0.25) is 0 Å². The van der Waals surface area contributed by atoms with Crippen molar-refractivity contribution in [1.29, 1.82) is 0 Å². The molecule has 0 bridgehead atoms. The molecule has 27 heavy (non-hydrogen) atoms. The Hall–Kier alpha value is -3.07. The lowest BCUT2D eigenvalue weighted by atomic mass is 10.1. The first-order valence-corrected chi connectivity index (χ1v) is 7.67. The summed E-state index contributed by atoms with van der Waals surface area (Å²) in [7, 11) is 1.52. The van der Waals surface area contributed by atoms with E-state index in [1.165, 1.54) is 19.2 Å². The number of alkyl halides is 3. The van der Waals surface area contributed by atoms with Crippen LogP contribution >= 0.6 is 0 Å². The molecule has 0 saturated heterocycles. The number of hydrogen-bond donors (Lipinski definition) is 1. The predicted octanol–water partition coefficient (Wildman–Crippen LogP) is 3.53. The van der Waals surface area contributed by atoms with E-state index in [4.69, 9.17) is 9.47 Å². The average molecular weight is 383 g/mol. The van der Waals surface area contributed by atoms with Gasteiger partial charge in [0, 0.05) is 12.8 Å². The minimum atomic E-state index is -4.79. The Morgan fingerprint density at radius 1 is 1.07 bits per heavy atom. The van der Waals surface area contributed by atoms with Crippen molar-refractivity contribution in [3.05, 3.63) is 59.7 Å². The maximum absolute atomic E-state index is 12.1. The number of halogens is 3. The Morgan fingerprint density at radius 3 is 2.41 bits per heavy atom. The summed E-state index contributed by atoms with van der Waals surface area (Å²) in [6.45, 7) is -0.218. The lowest BCUT2D eigenvalue weighted by Crippen LogP contribution is -2.21. The van der Waals surface area contributed by atoms with Gasteiger partial charge in [-0.25, -0.2) is 4.79 Å². The standard InChI is InChI=1S/C18H16F3NO5/c1-25-10-12-3-2-4-13(9-12)17(24)26-11-16(23)22-14-5-7-15(8-6-14)27-18(19,20)21/h2-9H,10-11H2,1H3,(H,22,23). The zero-order valence-electron chi connectivity index (χ0n) is 14.2. The Bertz CT molecular complexity index is 790. The molecule has 0 radical (unpaired) electrons. The summed E-state index contributed by atoms with van der Waals surface area (Å²) >= 11 is 0. The molecule has 144 valence electrons. The molecule has 0 fully saturated rings. The van der Waals surface area contributed by atoms with Gasteiger partial charge in [0.25, 0.3) is 5.91 Å². The molecule has 9 heteroatoms. The van der Waals surface area contributed by atoms with Gasteiger partial charge >= 0.3 is 12.3 Å². The normalized spacial score (nSPS) is 11.0. The molecule has 6 nitrogen and oxygen atoms in total. The quantitative estimate of drug-likeness (QED) is 0.741. The number of carbonyl (C=O) groups excluding carboxylic acids is 2. The molecule has 2 aromatic rings. The second kappa shape index (κ2) is 9.04. The van der Waals surface area contributed by atoms with Crippen LogP contribution in [0, 0.1) is 0 Å². The van der Waals surface area contributed by atoms with Gasteiger partial charge in [-0.3, -0.25) is 4.79 Å². The summed E-state index contributed by atoms with van der Waals surface area (Å²) in [5.41, 5.74) is 1.27. The summed E-state index contributed by atoms with van der Waals surface area (Å²) in [6.07, 6.45) is -4.79. The smallest absolute Gasteiger partial charge is 0.452 e. The van der Waals surface area contributed by atoms with Gasteiger partial charge in [0.1, 0.15) is 5.75 Å². The molecule has 0 aliphatic heterocycles. The van der Waals surface area contributed by atoms with Gasteiger partial charge in [-0.2, -0.15) is 0 Å². The molecule has 0 saturated carbocycles. The average Bonchev–Trinajstić information content (AvgIpc) is 2.61. The number of methoxy groups -OCH3 is 1. The third kappa shape index (κ3) is 6.98. The second-order valence-corrected chi connectivity index (χ2v) is 5.33. The SMILES string of the molecule is COCc1cccc(C(=O)OCC(=O)Nc2ccc(OC(F)(F)F)cc2)c1. The van der Waals surface area contributed by atoms with Gasteiger partial charge in [0.15, 0.2) is 6.61 Å². The van der Waals surface area contributed by atoms with Crippen molar-refractivity contribution in [3.8, 4) is 5.75 Å². The number of amides is 1. The van der Waals surface area contributed by atoms with Gasteiger partial charge in [0.05, 0.1) is 12.2 Å². The van der Waals surface area contributed by atoms with Crippen molar-refractivity contribution in [2.45, 2.75) is 13.0 Å². The molecule has 0 atom stereocenters. The lowest BCUT2D eigenvalue weighted by Gasteiger charge is -2.10. The third-order valence-corrected chi connectivity index (χ3v) is 3.18. The summed E-state index contributed by atoms with van der Waals surface area (Å²) in [4.78, 5) is 23.8. The highest BCUT2D eigenvalue weighted by Crippen LogP contribution is 2.23. The van der Waals surface area contributed by atoms with Gasteiger partial charge < -0.3 is 19.5 Å². The van der Waals surface area contributed by atoms with Crippen LogP contribution in [0.3, 0.4) is 0 Å². The number of esters is 1. The van der Waals surface area contributed by atoms with E-state index in [0.717, 1.165) is 17.7 Å². The minimum Gasteiger partial charge on any atom is -0.452 e. The molecule has 1 amide bonds. The highest BCUT2D eigenvalue weighted by molar-refractivity contribution is 5.95. The fourth-order valence-electron chi connectivity index (χ4n) is 2.11. The molecule has 0 unspecified atom stereocenters. The molecule has 2 rings (SSSR count). The molecule has 2 aromatic carbocycles. The number of carbonyl (C=O) groups is 2. The summed E-state index contributed by atoms with van der Waals surface area (Å²) < 4.78 is 49.9. The largest absolute Gasteiger partial charge is 0.573 e. The second-order valence-electron chi connectivity index (χ2n) is 5.33. The Morgan fingerprint density at radius 2 is 1.78 bits per heavy atom. The number of benzene rings is 2. The van der Waals surface area contributed by atoms with Crippen LogP contribution < -0.4 is 10.1 Å². The molecule has 0 spiro atoms. The first-order chi connectivity index (χ1) is 12.8. The molecular weight excluding hydrogens is 367 g/mol. The van der Waals surface area contributed by atoms with Crippen LogP contribution in [0.4, 0.5) is 18.9 Å². The molecule has 0 aliphatic carbocycles. The van der Waals surface area contributed by atoms with Gasteiger partial charge in [-0.1, -0.05) is 12.1 Å². The van der Waals surface area contributed by atoms with E-state index in [-0.39, 0.29) is 11.3 Å². The predicted molar refractivity (Wildman–Crippen MR) is 89.2 cm³/mol. The summed E-state index contributed by atoms with van der Waals surface area (Å²) in [5, 5.41) is 2.40. The van der Waals surface area contributed by atoms with Crippen molar-refractivity contribution < 1.29 is 37.0 Å². The van der Waals surface area contributed by atoms with E-state index in [1.807, 2.05) is 0 Å². The molecular formula is C18H16F3NO5. The Labute approximate surface area is 152 Å². The van der Waals surface area contributed by atoms with Crippen molar-refractivity contribution in [2.75, 3.05) is 19.0 Å². The van der Waals surface area contributed by atoms with Crippen molar-refractivity contribution in [1.82, 2.24) is 0 Å². The van der Waals surface area contributed by atoms with Crippen molar-refractivity contribution in [3.63, 3.8) is 0 Å². The molecule has 1 N–H and O–H groups in total. The van der Waals surface area contributed by atoms with Crippen LogP contribution in [0.25, 0.3) is 0 Å². The molecule has 0 aliphatic rings. The Kier molecular flexibility index (Phi) is 6.78. The number of nitrogens with one attached hydrogen (secondary N) is 1. The van der Waals surface area contributed by atoms with E-state index in [0.29, 0.717) is 6.61 Å². The van der Waals surface area contributed by atoms with E-state index >= 15 is 0 Å². The topological polar surface area (TPSA) is 73.9 Å². The van der Waals surface area contributed by atoms with Gasteiger partial charge in [-0.15, -0.1) is 13.2 Å². The van der Waals surface area contributed by atoms with Crippen LogP contribution in [-0.4, -0.2) is 32.0 Å². The highest BCUT2D eigenvalue weighted by atomic mass is 19.4. The van der Waals surface area contributed by atoms with Crippen LogP contribution in [0.5, 0.6) is 5.75 Å². The molecule has 0 aromatic heterocycles. The lowest BCUT2D eigenvalue weighted by molar-refractivity contribution is -0.274. The maximum atomic E-state index is 12.1. The van der Waals surface area contributed by atoms with E-state index in [1.54, 1.807) is 24.3 Å². The fraction of sp³-hybridized carbons (Fsp3) is 0.222. The number of anilines is 1. The van der Waals surface area contributed by atoms with E-state index < -0.39 is 30.6 Å². The zero-order valence-corrected chi connectivity index (χ0v) is 14.2. The number of hydrogen-bond acceptors (Lipinski definition) is 5. The first-order valence-electron chi connectivity index (χ1n) is 7.67. The van der Waals surface area contributed by atoms with E-state index in [9.17, 15) is 22.8 Å². The first kappa shape index (κ1) is 20.2. The maximum Gasteiger partial charge on any atom is 0.573 e. The highest BCUT2D eigenvalue weighted by Gasteiger charge is 2.30. The van der Waals surface area contributed by atoms with Crippen molar-refractivity contribution in [2.24, 2.45) is 0 Å². The minimum absolute atomic E-state index is 0.229. The summed E-state index contributed by atoms with van der Waals surface area (Å²) in [5.74, 6) is -1.74. The van der Waals surface area contributed by atoms with Gasteiger partial charge in [-0.05, 0) is 42.0 Å². The number of ether oxygens (including phenoxy) is 3. The zero-order chi connectivity index (χ0) is 19.9.